The summed E-state index contributed by atoms with van der Waals surface area (Å²) < 4.78 is 0. The third kappa shape index (κ3) is 4.02. The van der Waals surface area contributed by atoms with Crippen LogP contribution in [-0.4, -0.2) is 41.6 Å². The molecule has 0 aliphatic carbocycles. The number of hydrogen-bond acceptors (Lipinski definition) is 2. The number of hydrogen-bond donors (Lipinski definition) is 1. The van der Waals surface area contributed by atoms with Gasteiger partial charge in [0, 0.05) is 30.3 Å². The second-order valence-electron chi connectivity index (χ2n) is 5.82. The minimum Gasteiger partial charge on any atom is -0.339 e. The normalized spacial score (nSPS) is 18.7. The third-order valence-corrected chi connectivity index (χ3v) is 4.71. The number of piperazine rings is 1. The topological polar surface area (TPSA) is 18.5 Å². The van der Waals surface area contributed by atoms with Crippen LogP contribution in [0.15, 0.2) is 54.6 Å². The van der Waals surface area contributed by atoms with Gasteiger partial charge in [-0.25, -0.2) is 0 Å². The summed E-state index contributed by atoms with van der Waals surface area (Å²) in [5, 5.41) is 4.82. The van der Waals surface area contributed by atoms with E-state index in [2.05, 4.69) is 46.4 Å². The molecule has 1 aliphatic rings. The smallest absolute Gasteiger partial charge is 0.174 e. The third-order valence-electron chi connectivity index (χ3n) is 4.12. The Labute approximate surface area is 147 Å². The largest absolute Gasteiger partial charge is 0.339 e. The quantitative estimate of drug-likeness (QED) is 0.828. The second-order valence-corrected chi connectivity index (χ2v) is 6.64. The zero-order valence-electron chi connectivity index (χ0n) is 13.1. The van der Waals surface area contributed by atoms with E-state index in [-0.39, 0.29) is 6.04 Å². The number of likely N-dealkylation sites (N-methyl/N-ethyl adjacent to an activating group) is 1. The van der Waals surface area contributed by atoms with Crippen LogP contribution in [0.25, 0.3) is 0 Å². The Hall–Kier alpha value is -1.62. The lowest BCUT2D eigenvalue weighted by Crippen LogP contribution is -2.50. The van der Waals surface area contributed by atoms with E-state index in [1.54, 1.807) is 0 Å². The van der Waals surface area contributed by atoms with E-state index in [9.17, 15) is 0 Å². The Morgan fingerprint density at radius 3 is 2.48 bits per heavy atom. The van der Waals surface area contributed by atoms with Crippen molar-refractivity contribution in [2.45, 2.75) is 6.04 Å². The lowest BCUT2D eigenvalue weighted by atomic mass is 10.0. The van der Waals surface area contributed by atoms with Gasteiger partial charge in [0.05, 0.1) is 6.04 Å². The van der Waals surface area contributed by atoms with Crippen molar-refractivity contribution in [3.05, 3.63) is 65.2 Å². The number of nitrogens with zero attached hydrogens (tertiary/aromatic N) is 2. The molecule has 1 saturated heterocycles. The zero-order chi connectivity index (χ0) is 16.2. The molecule has 1 aliphatic heterocycles. The minimum absolute atomic E-state index is 0.266. The Morgan fingerprint density at radius 2 is 1.78 bits per heavy atom. The maximum Gasteiger partial charge on any atom is 0.174 e. The first kappa shape index (κ1) is 16.2. The van der Waals surface area contributed by atoms with E-state index in [1.807, 2.05) is 30.3 Å². The fourth-order valence-electron chi connectivity index (χ4n) is 2.85. The van der Waals surface area contributed by atoms with Gasteiger partial charge in [0.2, 0.25) is 0 Å². The first-order valence-electron chi connectivity index (χ1n) is 7.70. The van der Waals surface area contributed by atoms with Gasteiger partial charge in [-0.05, 0) is 49.1 Å². The summed E-state index contributed by atoms with van der Waals surface area (Å²) >= 11 is 11.6. The van der Waals surface area contributed by atoms with Crippen molar-refractivity contribution in [1.29, 1.82) is 0 Å². The van der Waals surface area contributed by atoms with Gasteiger partial charge in [0.25, 0.3) is 0 Å². The van der Waals surface area contributed by atoms with Crippen molar-refractivity contribution < 1.29 is 0 Å². The first-order chi connectivity index (χ1) is 11.1. The first-order valence-corrected chi connectivity index (χ1v) is 8.49. The monoisotopic (exact) mass is 345 g/mol. The van der Waals surface area contributed by atoms with E-state index in [4.69, 9.17) is 23.8 Å². The Kier molecular flexibility index (Phi) is 5.16. The molecule has 5 heteroatoms. The maximum absolute atomic E-state index is 5.94. The Bertz CT molecular complexity index is 660. The molecule has 3 nitrogen and oxygen atoms in total. The van der Waals surface area contributed by atoms with Gasteiger partial charge in [0.15, 0.2) is 5.11 Å². The Morgan fingerprint density at radius 1 is 1.09 bits per heavy atom. The van der Waals surface area contributed by atoms with Gasteiger partial charge >= 0.3 is 0 Å². The van der Waals surface area contributed by atoms with Crippen LogP contribution in [0.4, 0.5) is 5.69 Å². The van der Waals surface area contributed by atoms with Crippen molar-refractivity contribution >= 4 is 34.6 Å². The Balaban J connectivity index is 1.78. The SMILES string of the molecule is CN1CCN(C(=S)Nc2ccc(Cl)cc2)[C@@H](c2ccccc2)C1. The highest BCUT2D eigenvalue weighted by molar-refractivity contribution is 7.80. The molecule has 0 spiro atoms. The van der Waals surface area contributed by atoms with E-state index in [1.165, 1.54) is 5.56 Å². The standard InChI is InChI=1S/C18H20ClN3S/c1-21-11-12-22(17(13-21)14-5-3-2-4-6-14)18(23)20-16-9-7-15(19)8-10-16/h2-10,17H,11-13H2,1H3,(H,20,23)/t17-/m1/s1. The van der Waals surface area contributed by atoms with Gasteiger partial charge < -0.3 is 15.1 Å². The van der Waals surface area contributed by atoms with E-state index in [0.29, 0.717) is 0 Å². The van der Waals surface area contributed by atoms with Crippen LogP contribution < -0.4 is 5.32 Å². The number of rotatable bonds is 2. The zero-order valence-corrected chi connectivity index (χ0v) is 14.6. The van der Waals surface area contributed by atoms with Crippen LogP contribution in [-0.2, 0) is 0 Å². The van der Waals surface area contributed by atoms with Crippen LogP contribution in [0.5, 0.6) is 0 Å². The summed E-state index contributed by atoms with van der Waals surface area (Å²) in [6, 6.07) is 18.4. The molecule has 1 atom stereocenters. The van der Waals surface area contributed by atoms with E-state index in [0.717, 1.165) is 35.5 Å². The number of benzene rings is 2. The summed E-state index contributed by atoms with van der Waals surface area (Å²) in [5.74, 6) is 0. The molecule has 0 unspecified atom stereocenters. The predicted molar refractivity (Wildman–Crippen MR) is 101 cm³/mol. The predicted octanol–water partition coefficient (Wildman–Crippen LogP) is 4.03. The molecule has 23 heavy (non-hydrogen) atoms. The lowest BCUT2D eigenvalue weighted by molar-refractivity contribution is 0.153. The molecule has 1 N–H and O–H groups in total. The number of nitrogens with one attached hydrogen (secondary N) is 1. The molecule has 0 saturated carbocycles. The molecule has 1 heterocycles. The summed E-state index contributed by atoms with van der Waals surface area (Å²) in [6.07, 6.45) is 0. The molecular weight excluding hydrogens is 326 g/mol. The van der Waals surface area contributed by atoms with Crippen molar-refractivity contribution in [3.8, 4) is 0 Å². The summed E-state index contributed by atoms with van der Waals surface area (Å²) in [4.78, 5) is 4.62. The number of anilines is 1. The molecule has 120 valence electrons. The van der Waals surface area contributed by atoms with Gasteiger partial charge in [-0.15, -0.1) is 0 Å². The summed E-state index contributed by atoms with van der Waals surface area (Å²) in [6.45, 7) is 2.88. The molecule has 0 amide bonds. The molecule has 2 aromatic rings. The highest BCUT2D eigenvalue weighted by Gasteiger charge is 2.28. The number of halogens is 1. The van der Waals surface area contributed by atoms with Crippen molar-refractivity contribution in [1.82, 2.24) is 9.80 Å². The second kappa shape index (κ2) is 7.30. The molecule has 0 aromatic heterocycles. The maximum atomic E-state index is 5.94. The molecular formula is C18H20ClN3S. The van der Waals surface area contributed by atoms with Crippen molar-refractivity contribution in [2.24, 2.45) is 0 Å². The molecule has 0 bridgehead atoms. The van der Waals surface area contributed by atoms with Gasteiger partial charge in [-0.1, -0.05) is 41.9 Å². The lowest BCUT2D eigenvalue weighted by Gasteiger charge is -2.41. The van der Waals surface area contributed by atoms with Crippen LogP contribution >= 0.6 is 23.8 Å². The average Bonchev–Trinajstić information content (AvgIpc) is 2.57. The van der Waals surface area contributed by atoms with Gasteiger partial charge in [-0.3, -0.25) is 0 Å². The van der Waals surface area contributed by atoms with Crippen LogP contribution in [0.1, 0.15) is 11.6 Å². The van der Waals surface area contributed by atoms with Crippen LogP contribution in [0.2, 0.25) is 5.02 Å². The van der Waals surface area contributed by atoms with Crippen molar-refractivity contribution in [2.75, 3.05) is 32.0 Å². The van der Waals surface area contributed by atoms with Gasteiger partial charge in [0.1, 0.15) is 0 Å². The van der Waals surface area contributed by atoms with Gasteiger partial charge in [-0.2, -0.15) is 0 Å². The molecule has 2 aromatic carbocycles. The highest BCUT2D eigenvalue weighted by Crippen LogP contribution is 2.26. The highest BCUT2D eigenvalue weighted by atomic mass is 35.5. The molecule has 1 fully saturated rings. The van der Waals surface area contributed by atoms with Crippen molar-refractivity contribution in [3.63, 3.8) is 0 Å². The molecule has 3 rings (SSSR count). The minimum atomic E-state index is 0.266. The fourth-order valence-corrected chi connectivity index (χ4v) is 3.31. The van der Waals surface area contributed by atoms with Crippen LogP contribution in [0, 0.1) is 0 Å². The molecule has 0 radical (unpaired) electrons. The van der Waals surface area contributed by atoms with E-state index >= 15 is 0 Å². The summed E-state index contributed by atoms with van der Waals surface area (Å²) in [7, 11) is 2.16. The number of thiocarbonyl (C=S) groups is 1. The average molecular weight is 346 g/mol. The van der Waals surface area contributed by atoms with Crippen LogP contribution in [0.3, 0.4) is 0 Å². The summed E-state index contributed by atoms with van der Waals surface area (Å²) in [5.41, 5.74) is 2.25. The fraction of sp³-hybridized carbons (Fsp3) is 0.278. The van der Waals surface area contributed by atoms with E-state index < -0.39 is 0 Å².